The van der Waals surface area contributed by atoms with Crippen molar-refractivity contribution in [2.75, 3.05) is 5.75 Å². The van der Waals surface area contributed by atoms with E-state index in [1.165, 1.54) is 11.8 Å². The second kappa shape index (κ2) is 7.49. The summed E-state index contributed by atoms with van der Waals surface area (Å²) in [7, 11) is 0. The molecule has 3 rings (SSSR count). The number of nitrogens with one attached hydrogen (secondary N) is 1. The van der Waals surface area contributed by atoms with Crippen LogP contribution in [0.2, 0.25) is 0 Å². The van der Waals surface area contributed by atoms with Crippen LogP contribution in [0.15, 0.2) is 23.0 Å². The minimum absolute atomic E-state index is 0.0398. The van der Waals surface area contributed by atoms with E-state index in [1.54, 1.807) is 0 Å². The molecule has 2 heterocycles. The molecule has 2 aromatic rings. The molecule has 2 N–H and O–H groups in total. The minimum Gasteiger partial charge on any atom is -0.511 e. The lowest BCUT2D eigenvalue weighted by Gasteiger charge is -2.29. The average Bonchev–Trinajstić information content (AvgIpc) is 3.07. The van der Waals surface area contributed by atoms with Crippen LogP contribution in [-0.2, 0) is 9.53 Å². The van der Waals surface area contributed by atoms with Gasteiger partial charge in [0.1, 0.15) is 17.4 Å². The average molecular weight is 374 g/mol. The van der Waals surface area contributed by atoms with Crippen molar-refractivity contribution in [1.82, 2.24) is 20.6 Å². The predicted molar refractivity (Wildman–Crippen MR) is 98.8 cm³/mol. The van der Waals surface area contributed by atoms with E-state index in [1.807, 2.05) is 39.8 Å². The summed E-state index contributed by atoms with van der Waals surface area (Å²) in [5.74, 6) is 0.337. The molecule has 2 atom stereocenters. The number of nitrogens with zero attached hydrogens (tertiary/aromatic N) is 3. The fourth-order valence-corrected chi connectivity index (χ4v) is 4.15. The van der Waals surface area contributed by atoms with Gasteiger partial charge in [0.05, 0.1) is 0 Å². The van der Waals surface area contributed by atoms with Gasteiger partial charge in [-0.25, -0.2) is 9.89 Å². The summed E-state index contributed by atoms with van der Waals surface area (Å²) in [6.45, 7) is 7.88. The van der Waals surface area contributed by atoms with E-state index in [-0.39, 0.29) is 23.4 Å². The number of rotatable bonds is 5. The second-order valence-corrected chi connectivity index (χ2v) is 7.75. The van der Waals surface area contributed by atoms with Crippen molar-refractivity contribution < 1.29 is 14.6 Å². The number of esters is 1. The smallest absolute Gasteiger partial charge is 0.342 e. The van der Waals surface area contributed by atoms with E-state index in [0.29, 0.717) is 17.3 Å². The van der Waals surface area contributed by atoms with E-state index < -0.39 is 5.97 Å². The van der Waals surface area contributed by atoms with Crippen molar-refractivity contribution in [2.24, 2.45) is 5.92 Å². The first-order chi connectivity index (χ1) is 12.4. The highest BCUT2D eigenvalue weighted by Gasteiger charge is 2.34. The quantitative estimate of drug-likeness (QED) is 0.612. The number of thioether (sulfide) groups is 1. The molecule has 0 bridgehead atoms. The molecule has 0 radical (unpaired) electrons. The predicted octanol–water partition coefficient (Wildman–Crippen LogP) is 3.14. The largest absolute Gasteiger partial charge is 0.511 e. The maximum atomic E-state index is 12.7. The molecule has 0 amide bonds. The Hall–Kier alpha value is -2.35. The van der Waals surface area contributed by atoms with E-state index in [9.17, 15) is 9.90 Å². The summed E-state index contributed by atoms with van der Waals surface area (Å²) < 4.78 is 5.66. The Morgan fingerprint density at radius 2 is 2.04 bits per heavy atom. The number of aromatic nitrogens is 4. The number of aromatic amines is 1. The number of hydrogen-bond donors (Lipinski definition) is 2. The lowest BCUT2D eigenvalue weighted by molar-refractivity contribution is -0.145. The summed E-state index contributed by atoms with van der Waals surface area (Å²) in [4.78, 5) is 12.7. The molecule has 7 nitrogen and oxygen atoms in total. The van der Waals surface area contributed by atoms with Crippen LogP contribution >= 0.6 is 11.8 Å². The lowest BCUT2D eigenvalue weighted by atomic mass is 9.89. The van der Waals surface area contributed by atoms with Gasteiger partial charge in [-0.2, -0.15) is 0 Å². The van der Waals surface area contributed by atoms with Gasteiger partial charge in [-0.3, -0.25) is 0 Å². The summed E-state index contributed by atoms with van der Waals surface area (Å²) in [6.07, 6.45) is -0.0646. The zero-order valence-electron chi connectivity index (χ0n) is 15.2. The van der Waals surface area contributed by atoms with Gasteiger partial charge < -0.3 is 9.84 Å². The van der Waals surface area contributed by atoms with Crippen LogP contribution in [0.5, 0.6) is 0 Å². The van der Waals surface area contributed by atoms with Gasteiger partial charge in [-0.15, -0.1) is 5.10 Å². The Kier molecular flexibility index (Phi) is 5.31. The molecule has 2 unspecified atom stereocenters. The lowest BCUT2D eigenvalue weighted by Crippen LogP contribution is -2.32. The van der Waals surface area contributed by atoms with Crippen molar-refractivity contribution in [3.63, 3.8) is 0 Å². The van der Waals surface area contributed by atoms with Gasteiger partial charge in [-0.05, 0) is 47.9 Å². The molecule has 26 heavy (non-hydrogen) atoms. The molecule has 0 aliphatic carbocycles. The molecule has 0 saturated carbocycles. The maximum absolute atomic E-state index is 12.7. The van der Waals surface area contributed by atoms with Crippen LogP contribution in [0, 0.1) is 26.7 Å². The number of tetrazole rings is 1. The normalized spacial score (nSPS) is 18.8. The van der Waals surface area contributed by atoms with Gasteiger partial charge in [0.25, 0.3) is 0 Å². The Balaban J connectivity index is 1.79. The Bertz CT molecular complexity index is 825. The molecule has 138 valence electrons. The van der Waals surface area contributed by atoms with Crippen LogP contribution in [0.1, 0.15) is 35.6 Å². The first-order valence-corrected chi connectivity index (χ1v) is 9.43. The van der Waals surface area contributed by atoms with Crippen LogP contribution in [0.4, 0.5) is 0 Å². The van der Waals surface area contributed by atoms with E-state index >= 15 is 0 Å². The Morgan fingerprint density at radius 1 is 1.35 bits per heavy atom. The molecule has 1 aromatic carbocycles. The number of carbonyl (C=O) groups excluding carboxylic acids is 1. The molecule has 0 saturated heterocycles. The van der Waals surface area contributed by atoms with Crippen LogP contribution < -0.4 is 0 Å². The molecule has 0 fully saturated rings. The topological polar surface area (TPSA) is 101 Å². The Labute approximate surface area is 156 Å². The second-order valence-electron chi connectivity index (χ2n) is 6.74. The molecule has 0 spiro atoms. The number of hydrogen-bond acceptors (Lipinski definition) is 7. The highest BCUT2D eigenvalue weighted by molar-refractivity contribution is 7.99. The number of aliphatic hydroxyl groups is 1. The number of cyclic esters (lactones) is 1. The fraction of sp³-hybridized carbons (Fsp3) is 0.444. The molecular weight excluding hydrogens is 352 g/mol. The van der Waals surface area contributed by atoms with E-state index in [4.69, 9.17) is 4.74 Å². The van der Waals surface area contributed by atoms with Gasteiger partial charge in [0.15, 0.2) is 0 Å². The summed E-state index contributed by atoms with van der Waals surface area (Å²) in [5.41, 5.74) is 4.10. The summed E-state index contributed by atoms with van der Waals surface area (Å²) >= 11 is 1.45. The first kappa shape index (κ1) is 18.4. The van der Waals surface area contributed by atoms with Gasteiger partial charge in [0, 0.05) is 18.1 Å². The number of carbonyl (C=O) groups is 1. The zero-order chi connectivity index (χ0) is 18.8. The van der Waals surface area contributed by atoms with Crippen LogP contribution in [0.3, 0.4) is 0 Å². The summed E-state index contributed by atoms with van der Waals surface area (Å²) in [6, 6.07) is 4.01. The van der Waals surface area contributed by atoms with Crippen molar-refractivity contribution in [3.05, 3.63) is 40.1 Å². The van der Waals surface area contributed by atoms with Crippen molar-refractivity contribution in [3.8, 4) is 0 Å². The first-order valence-electron chi connectivity index (χ1n) is 8.44. The SMILES string of the molecule is Cc1cc(C)c(C2=C(O)CC(C(C)CSc3nnn[nH]3)OC2=O)c(C)c1. The molecule has 8 heteroatoms. The highest BCUT2D eigenvalue weighted by atomic mass is 32.2. The van der Waals surface area contributed by atoms with E-state index in [0.717, 1.165) is 22.3 Å². The minimum atomic E-state index is -0.466. The maximum Gasteiger partial charge on any atom is 0.342 e. The molecular formula is C18H22N4O3S. The molecule has 1 aromatic heterocycles. The third-order valence-corrected chi connectivity index (χ3v) is 5.66. The number of aliphatic hydroxyl groups excluding tert-OH is 1. The van der Waals surface area contributed by atoms with Gasteiger partial charge in [-0.1, -0.05) is 36.4 Å². The third-order valence-electron chi connectivity index (χ3n) is 4.52. The highest BCUT2D eigenvalue weighted by Crippen LogP contribution is 2.35. The monoisotopic (exact) mass is 374 g/mol. The molecule has 1 aliphatic heterocycles. The molecule has 1 aliphatic rings. The number of aryl methyl sites for hydroxylation is 3. The zero-order valence-corrected chi connectivity index (χ0v) is 16.1. The fourth-order valence-electron chi connectivity index (χ4n) is 3.32. The van der Waals surface area contributed by atoms with Crippen molar-refractivity contribution in [1.29, 1.82) is 0 Å². The number of ether oxygens (including phenoxy) is 1. The number of benzene rings is 1. The standard InChI is InChI=1S/C18H22N4O3S/c1-9-5-10(2)15(11(3)6-9)16-13(23)7-14(25-17(16)24)12(4)8-26-18-19-21-22-20-18/h5-6,12,14,23H,7-8H2,1-4H3,(H,19,20,21,22). The van der Waals surface area contributed by atoms with Crippen molar-refractivity contribution >= 4 is 23.3 Å². The van der Waals surface area contributed by atoms with Crippen LogP contribution in [0.25, 0.3) is 5.57 Å². The third kappa shape index (κ3) is 3.75. The summed E-state index contributed by atoms with van der Waals surface area (Å²) in [5, 5.41) is 24.8. The Morgan fingerprint density at radius 3 is 2.62 bits per heavy atom. The van der Waals surface area contributed by atoms with Crippen LogP contribution in [-0.4, -0.2) is 43.6 Å². The van der Waals surface area contributed by atoms with Crippen molar-refractivity contribution in [2.45, 2.75) is 45.4 Å². The van der Waals surface area contributed by atoms with E-state index in [2.05, 4.69) is 20.6 Å². The number of H-pyrrole nitrogens is 1. The van der Waals surface area contributed by atoms with Gasteiger partial charge in [0.2, 0.25) is 5.16 Å². The van der Waals surface area contributed by atoms with Gasteiger partial charge >= 0.3 is 5.97 Å².